The standard InChI is InChI=1S/C21H19BrClNO3/c22-16-3-1-2-15(12-16)21(6-8-26-9-7-21)13-24-20(25)19-11-14-10-17(23)4-5-18(14)27-19/h1-5,10-12H,6-9,13H2,(H,24,25). The number of fused-ring (bicyclic) bond motifs is 1. The highest BCUT2D eigenvalue weighted by Crippen LogP contribution is 2.35. The number of rotatable bonds is 4. The molecule has 0 atom stereocenters. The molecular weight excluding hydrogens is 430 g/mol. The molecule has 1 aromatic heterocycles. The van der Waals surface area contributed by atoms with Gasteiger partial charge in [0.1, 0.15) is 5.58 Å². The summed E-state index contributed by atoms with van der Waals surface area (Å²) in [5, 5.41) is 4.50. The zero-order valence-electron chi connectivity index (χ0n) is 14.6. The summed E-state index contributed by atoms with van der Waals surface area (Å²) in [4.78, 5) is 12.7. The summed E-state index contributed by atoms with van der Waals surface area (Å²) in [7, 11) is 0. The molecule has 0 radical (unpaired) electrons. The maximum absolute atomic E-state index is 12.7. The monoisotopic (exact) mass is 447 g/mol. The van der Waals surface area contributed by atoms with Gasteiger partial charge in [-0.15, -0.1) is 0 Å². The first-order valence-corrected chi connectivity index (χ1v) is 10.0. The van der Waals surface area contributed by atoms with E-state index in [0.29, 0.717) is 36.1 Å². The minimum atomic E-state index is -0.219. The van der Waals surface area contributed by atoms with E-state index in [2.05, 4.69) is 33.4 Å². The predicted octanol–water partition coefficient (Wildman–Crippen LogP) is 5.33. The van der Waals surface area contributed by atoms with Crippen molar-refractivity contribution in [2.45, 2.75) is 18.3 Å². The van der Waals surface area contributed by atoms with Crippen molar-refractivity contribution in [3.63, 3.8) is 0 Å². The minimum absolute atomic E-state index is 0.146. The first-order valence-electron chi connectivity index (χ1n) is 8.87. The number of halogens is 2. The maximum Gasteiger partial charge on any atom is 0.287 e. The Kier molecular flexibility index (Phi) is 5.26. The van der Waals surface area contributed by atoms with Crippen molar-refractivity contribution in [3.05, 3.63) is 69.3 Å². The number of carbonyl (C=O) groups is 1. The summed E-state index contributed by atoms with van der Waals surface area (Å²) in [6.45, 7) is 1.90. The first-order chi connectivity index (χ1) is 13.1. The van der Waals surface area contributed by atoms with E-state index in [1.54, 1.807) is 24.3 Å². The van der Waals surface area contributed by atoms with E-state index in [-0.39, 0.29) is 11.3 Å². The van der Waals surface area contributed by atoms with Crippen molar-refractivity contribution in [3.8, 4) is 0 Å². The van der Waals surface area contributed by atoms with Crippen LogP contribution in [0.3, 0.4) is 0 Å². The van der Waals surface area contributed by atoms with Gasteiger partial charge in [-0.3, -0.25) is 4.79 Å². The second kappa shape index (κ2) is 7.66. The van der Waals surface area contributed by atoms with Gasteiger partial charge in [0.15, 0.2) is 5.76 Å². The number of benzene rings is 2. The topological polar surface area (TPSA) is 51.5 Å². The van der Waals surface area contributed by atoms with Crippen LogP contribution in [0.2, 0.25) is 5.02 Å². The number of furan rings is 1. The van der Waals surface area contributed by atoms with E-state index in [4.69, 9.17) is 20.8 Å². The van der Waals surface area contributed by atoms with E-state index in [9.17, 15) is 4.79 Å². The van der Waals surface area contributed by atoms with E-state index in [1.807, 2.05) is 12.1 Å². The van der Waals surface area contributed by atoms with E-state index >= 15 is 0 Å². The highest BCUT2D eigenvalue weighted by Gasteiger charge is 2.35. The molecule has 0 unspecified atom stereocenters. The van der Waals surface area contributed by atoms with Gasteiger partial charge >= 0.3 is 0 Å². The van der Waals surface area contributed by atoms with Crippen LogP contribution in [-0.4, -0.2) is 25.7 Å². The number of amides is 1. The van der Waals surface area contributed by atoms with Gasteiger partial charge in [-0.05, 0) is 54.8 Å². The molecule has 4 rings (SSSR count). The molecule has 1 saturated heterocycles. The Morgan fingerprint density at radius 1 is 1.15 bits per heavy atom. The highest BCUT2D eigenvalue weighted by atomic mass is 79.9. The molecule has 140 valence electrons. The Hall–Kier alpha value is -1.82. The average molecular weight is 449 g/mol. The number of hydrogen-bond donors (Lipinski definition) is 1. The molecule has 1 aliphatic rings. The molecule has 2 aromatic carbocycles. The fourth-order valence-corrected chi connectivity index (χ4v) is 4.19. The van der Waals surface area contributed by atoms with Gasteiger partial charge in [0.05, 0.1) is 0 Å². The summed E-state index contributed by atoms with van der Waals surface area (Å²) in [6.07, 6.45) is 1.72. The highest BCUT2D eigenvalue weighted by molar-refractivity contribution is 9.10. The second-order valence-electron chi connectivity index (χ2n) is 6.88. The third kappa shape index (κ3) is 3.91. The molecule has 1 N–H and O–H groups in total. The third-order valence-electron chi connectivity index (χ3n) is 5.18. The molecule has 1 amide bonds. The zero-order valence-corrected chi connectivity index (χ0v) is 17.0. The molecule has 0 aliphatic carbocycles. The van der Waals surface area contributed by atoms with Crippen LogP contribution in [0.1, 0.15) is 29.0 Å². The Morgan fingerprint density at radius 3 is 2.74 bits per heavy atom. The van der Waals surface area contributed by atoms with Gasteiger partial charge in [0, 0.05) is 40.1 Å². The molecule has 1 aliphatic heterocycles. The molecule has 4 nitrogen and oxygen atoms in total. The molecule has 6 heteroatoms. The van der Waals surface area contributed by atoms with Crippen LogP contribution >= 0.6 is 27.5 Å². The van der Waals surface area contributed by atoms with Gasteiger partial charge in [0.25, 0.3) is 5.91 Å². The lowest BCUT2D eigenvalue weighted by atomic mass is 9.74. The molecule has 0 spiro atoms. The minimum Gasteiger partial charge on any atom is -0.451 e. The van der Waals surface area contributed by atoms with Crippen LogP contribution in [0, 0.1) is 0 Å². The lowest BCUT2D eigenvalue weighted by Gasteiger charge is -2.38. The Morgan fingerprint density at radius 2 is 1.96 bits per heavy atom. The van der Waals surface area contributed by atoms with Crippen molar-refractivity contribution in [1.82, 2.24) is 5.32 Å². The summed E-state index contributed by atoms with van der Waals surface area (Å²) < 4.78 is 12.3. The quantitative estimate of drug-likeness (QED) is 0.587. The molecule has 3 aromatic rings. The van der Waals surface area contributed by atoms with Crippen molar-refractivity contribution in [1.29, 1.82) is 0 Å². The smallest absolute Gasteiger partial charge is 0.287 e. The van der Waals surface area contributed by atoms with Gasteiger partial charge in [-0.25, -0.2) is 0 Å². The van der Waals surface area contributed by atoms with Crippen molar-refractivity contribution < 1.29 is 13.9 Å². The Bertz CT molecular complexity index is 978. The van der Waals surface area contributed by atoms with Crippen molar-refractivity contribution >= 4 is 44.4 Å². The van der Waals surface area contributed by atoms with E-state index < -0.39 is 0 Å². The number of nitrogens with one attached hydrogen (secondary N) is 1. The summed E-state index contributed by atoms with van der Waals surface area (Å²) >= 11 is 9.56. The van der Waals surface area contributed by atoms with Gasteiger partial charge in [0.2, 0.25) is 0 Å². The average Bonchev–Trinajstić information content (AvgIpc) is 3.10. The lowest BCUT2D eigenvalue weighted by molar-refractivity contribution is 0.0484. The van der Waals surface area contributed by atoms with E-state index in [1.165, 1.54) is 5.56 Å². The Labute approximate surface area is 171 Å². The molecular formula is C21H19BrClNO3. The zero-order chi connectivity index (χ0) is 18.9. The van der Waals surface area contributed by atoms with E-state index in [0.717, 1.165) is 22.7 Å². The first kappa shape index (κ1) is 18.5. The predicted molar refractivity (Wildman–Crippen MR) is 109 cm³/mol. The maximum atomic E-state index is 12.7. The van der Waals surface area contributed by atoms with Gasteiger partial charge in [-0.1, -0.05) is 39.7 Å². The number of ether oxygens (including phenoxy) is 1. The SMILES string of the molecule is O=C(NCC1(c2cccc(Br)c2)CCOCC1)c1cc2cc(Cl)ccc2o1. The molecule has 0 bridgehead atoms. The van der Waals surface area contributed by atoms with Crippen LogP contribution in [0.4, 0.5) is 0 Å². The fraction of sp³-hybridized carbons (Fsp3) is 0.286. The van der Waals surface area contributed by atoms with Gasteiger partial charge in [-0.2, -0.15) is 0 Å². The van der Waals surface area contributed by atoms with Crippen LogP contribution < -0.4 is 5.32 Å². The molecule has 2 heterocycles. The summed E-state index contributed by atoms with van der Waals surface area (Å²) in [5.74, 6) is 0.0758. The Balaban J connectivity index is 1.55. The molecule has 27 heavy (non-hydrogen) atoms. The fourth-order valence-electron chi connectivity index (χ4n) is 3.61. The number of hydrogen-bond acceptors (Lipinski definition) is 3. The summed E-state index contributed by atoms with van der Waals surface area (Å²) in [5.41, 5.74) is 1.71. The van der Waals surface area contributed by atoms with Crippen molar-refractivity contribution in [2.75, 3.05) is 19.8 Å². The number of carbonyl (C=O) groups excluding carboxylic acids is 1. The van der Waals surface area contributed by atoms with Crippen LogP contribution in [0.15, 0.2) is 57.4 Å². The molecule has 1 fully saturated rings. The third-order valence-corrected chi connectivity index (χ3v) is 5.90. The molecule has 0 saturated carbocycles. The largest absolute Gasteiger partial charge is 0.451 e. The van der Waals surface area contributed by atoms with Crippen LogP contribution in [-0.2, 0) is 10.2 Å². The van der Waals surface area contributed by atoms with Crippen LogP contribution in [0.25, 0.3) is 11.0 Å². The van der Waals surface area contributed by atoms with Gasteiger partial charge < -0.3 is 14.5 Å². The lowest BCUT2D eigenvalue weighted by Crippen LogP contribution is -2.44. The second-order valence-corrected chi connectivity index (χ2v) is 8.23. The van der Waals surface area contributed by atoms with Crippen LogP contribution in [0.5, 0.6) is 0 Å². The summed E-state index contributed by atoms with van der Waals surface area (Å²) in [6, 6.07) is 15.3. The normalized spacial score (nSPS) is 16.4. The van der Waals surface area contributed by atoms with Crippen molar-refractivity contribution in [2.24, 2.45) is 0 Å².